The molecule has 0 atom stereocenters. The second-order valence-electron chi connectivity index (χ2n) is 3.58. The zero-order valence-corrected chi connectivity index (χ0v) is 9.10. The maximum atomic E-state index is 12.6. The maximum absolute atomic E-state index is 12.6. The van der Waals surface area contributed by atoms with Crippen LogP contribution in [0.3, 0.4) is 0 Å². The van der Waals surface area contributed by atoms with Gasteiger partial charge in [-0.05, 0) is 43.5 Å². The molecule has 0 bridgehead atoms. The minimum atomic E-state index is -2.47. The molecular formula is C12H14F2O. The first-order valence-corrected chi connectivity index (χ1v) is 4.89. The summed E-state index contributed by atoms with van der Waals surface area (Å²) in [7, 11) is 0. The van der Waals surface area contributed by atoms with E-state index in [2.05, 4.69) is 0 Å². The average Bonchev–Trinajstić information content (AvgIpc) is 2.16. The van der Waals surface area contributed by atoms with Gasteiger partial charge in [0.15, 0.2) is 5.78 Å². The Morgan fingerprint density at radius 3 is 2.40 bits per heavy atom. The molecule has 82 valence electrons. The number of hydrogen-bond donors (Lipinski definition) is 0. The highest BCUT2D eigenvalue weighted by Crippen LogP contribution is 2.26. The first-order chi connectivity index (χ1) is 6.97. The van der Waals surface area contributed by atoms with Crippen LogP contribution in [0.5, 0.6) is 0 Å². The van der Waals surface area contributed by atoms with Gasteiger partial charge < -0.3 is 0 Å². The monoisotopic (exact) mass is 212 g/mol. The van der Waals surface area contributed by atoms with E-state index in [1.807, 2.05) is 0 Å². The largest absolute Gasteiger partial charge is 0.295 e. The standard InChI is InChI=1S/C12H14F2O/c1-4-9-6-10(8(3)15)7(2)5-11(9)12(13)14/h5-6,12H,4H2,1-3H3. The highest BCUT2D eigenvalue weighted by molar-refractivity contribution is 5.95. The molecular weight excluding hydrogens is 198 g/mol. The third kappa shape index (κ3) is 2.41. The van der Waals surface area contributed by atoms with E-state index in [4.69, 9.17) is 0 Å². The van der Waals surface area contributed by atoms with Crippen LogP contribution < -0.4 is 0 Å². The third-order valence-electron chi connectivity index (χ3n) is 2.48. The summed E-state index contributed by atoms with van der Waals surface area (Å²) in [6, 6.07) is 3.00. The van der Waals surface area contributed by atoms with Gasteiger partial charge in [-0.1, -0.05) is 6.92 Å². The normalized spacial score (nSPS) is 10.8. The van der Waals surface area contributed by atoms with Crippen molar-refractivity contribution in [1.29, 1.82) is 0 Å². The van der Waals surface area contributed by atoms with Crippen LogP contribution in [0.2, 0.25) is 0 Å². The van der Waals surface area contributed by atoms with Gasteiger partial charge in [0.1, 0.15) is 0 Å². The second kappa shape index (κ2) is 4.51. The number of ketones is 1. The van der Waals surface area contributed by atoms with Gasteiger partial charge in [-0.3, -0.25) is 4.79 Å². The van der Waals surface area contributed by atoms with Crippen molar-refractivity contribution in [3.8, 4) is 0 Å². The number of alkyl halides is 2. The van der Waals surface area contributed by atoms with E-state index in [0.717, 1.165) is 0 Å². The van der Waals surface area contributed by atoms with Gasteiger partial charge in [0.05, 0.1) is 0 Å². The lowest BCUT2D eigenvalue weighted by molar-refractivity contribution is 0.101. The number of halogens is 2. The van der Waals surface area contributed by atoms with Crippen molar-refractivity contribution >= 4 is 5.78 Å². The lowest BCUT2D eigenvalue weighted by Gasteiger charge is -2.11. The Kier molecular flexibility index (Phi) is 3.56. The zero-order chi connectivity index (χ0) is 11.6. The van der Waals surface area contributed by atoms with Crippen LogP contribution in [0.25, 0.3) is 0 Å². The van der Waals surface area contributed by atoms with Crippen LogP contribution in [0.4, 0.5) is 8.78 Å². The molecule has 0 amide bonds. The molecule has 0 radical (unpaired) electrons. The number of carbonyl (C=O) groups is 1. The summed E-state index contributed by atoms with van der Waals surface area (Å²) in [4.78, 5) is 11.2. The minimum Gasteiger partial charge on any atom is -0.295 e. The van der Waals surface area contributed by atoms with Gasteiger partial charge in [0.2, 0.25) is 0 Å². The molecule has 0 aromatic heterocycles. The van der Waals surface area contributed by atoms with Crippen molar-refractivity contribution in [2.75, 3.05) is 0 Å². The topological polar surface area (TPSA) is 17.1 Å². The second-order valence-corrected chi connectivity index (χ2v) is 3.58. The summed E-state index contributed by atoms with van der Waals surface area (Å²) in [5.41, 5.74) is 1.76. The van der Waals surface area contributed by atoms with Crippen molar-refractivity contribution in [3.05, 3.63) is 34.4 Å². The van der Waals surface area contributed by atoms with E-state index < -0.39 is 6.43 Å². The molecule has 1 nitrogen and oxygen atoms in total. The average molecular weight is 212 g/mol. The van der Waals surface area contributed by atoms with Crippen molar-refractivity contribution < 1.29 is 13.6 Å². The molecule has 0 fully saturated rings. The van der Waals surface area contributed by atoms with Gasteiger partial charge in [0, 0.05) is 11.1 Å². The Balaban J connectivity index is 3.35. The van der Waals surface area contributed by atoms with Crippen LogP contribution in [-0.4, -0.2) is 5.78 Å². The van der Waals surface area contributed by atoms with Crippen LogP contribution in [0.15, 0.2) is 12.1 Å². The van der Waals surface area contributed by atoms with Gasteiger partial charge >= 0.3 is 0 Å². The fraction of sp³-hybridized carbons (Fsp3) is 0.417. The highest BCUT2D eigenvalue weighted by atomic mass is 19.3. The Morgan fingerprint density at radius 1 is 1.40 bits per heavy atom. The van der Waals surface area contributed by atoms with Crippen molar-refractivity contribution in [1.82, 2.24) is 0 Å². The van der Waals surface area contributed by atoms with Crippen molar-refractivity contribution in [2.24, 2.45) is 0 Å². The minimum absolute atomic E-state index is 0.0417. The van der Waals surface area contributed by atoms with Gasteiger partial charge in [-0.25, -0.2) is 8.78 Å². The molecule has 0 spiro atoms. The van der Waals surface area contributed by atoms with Gasteiger partial charge in [-0.2, -0.15) is 0 Å². The summed E-state index contributed by atoms with van der Waals surface area (Å²) in [5.74, 6) is -0.0805. The summed E-state index contributed by atoms with van der Waals surface area (Å²) in [6.45, 7) is 4.94. The zero-order valence-electron chi connectivity index (χ0n) is 9.10. The fourth-order valence-corrected chi connectivity index (χ4v) is 1.66. The predicted molar refractivity (Wildman–Crippen MR) is 55.5 cm³/mol. The van der Waals surface area contributed by atoms with Crippen molar-refractivity contribution in [3.63, 3.8) is 0 Å². The third-order valence-corrected chi connectivity index (χ3v) is 2.48. The number of hydrogen-bond acceptors (Lipinski definition) is 1. The lowest BCUT2D eigenvalue weighted by Crippen LogP contribution is -2.02. The van der Waals surface area contributed by atoms with E-state index in [1.54, 1.807) is 19.9 Å². The lowest BCUT2D eigenvalue weighted by atomic mass is 9.96. The summed E-state index contributed by atoms with van der Waals surface area (Å²) >= 11 is 0. The molecule has 3 heteroatoms. The summed E-state index contributed by atoms with van der Waals surface area (Å²) < 4.78 is 25.3. The number of benzene rings is 1. The van der Waals surface area contributed by atoms with E-state index in [-0.39, 0.29) is 11.3 Å². The molecule has 0 unspecified atom stereocenters. The summed E-state index contributed by atoms with van der Waals surface area (Å²) in [6.07, 6.45) is -1.96. The Hall–Kier alpha value is -1.25. The Labute approximate surface area is 88.1 Å². The molecule has 0 aliphatic rings. The van der Waals surface area contributed by atoms with E-state index in [1.165, 1.54) is 13.0 Å². The molecule has 0 saturated heterocycles. The number of carbonyl (C=O) groups excluding carboxylic acids is 1. The predicted octanol–water partition coefficient (Wildman–Crippen LogP) is 3.70. The first kappa shape index (κ1) is 11.8. The molecule has 1 rings (SSSR count). The van der Waals surface area contributed by atoms with Gasteiger partial charge in [0.25, 0.3) is 6.43 Å². The van der Waals surface area contributed by atoms with Gasteiger partial charge in [-0.15, -0.1) is 0 Å². The first-order valence-electron chi connectivity index (χ1n) is 4.89. The summed E-state index contributed by atoms with van der Waals surface area (Å²) in [5, 5.41) is 0. The molecule has 0 heterocycles. The van der Waals surface area contributed by atoms with Crippen LogP contribution in [0, 0.1) is 6.92 Å². The number of rotatable bonds is 3. The maximum Gasteiger partial charge on any atom is 0.264 e. The fourth-order valence-electron chi connectivity index (χ4n) is 1.66. The van der Waals surface area contributed by atoms with Crippen LogP contribution >= 0.6 is 0 Å². The molecule has 0 aliphatic carbocycles. The number of aryl methyl sites for hydroxylation is 2. The quantitative estimate of drug-likeness (QED) is 0.698. The molecule has 1 aromatic carbocycles. The molecule has 0 aliphatic heterocycles. The molecule has 15 heavy (non-hydrogen) atoms. The Morgan fingerprint density at radius 2 is 2.00 bits per heavy atom. The smallest absolute Gasteiger partial charge is 0.264 e. The number of Topliss-reactive ketones (excluding diaryl/α,β-unsaturated/α-hetero) is 1. The van der Waals surface area contributed by atoms with Crippen LogP contribution in [-0.2, 0) is 6.42 Å². The molecule has 1 aromatic rings. The van der Waals surface area contributed by atoms with E-state index in [0.29, 0.717) is 23.1 Å². The van der Waals surface area contributed by atoms with E-state index >= 15 is 0 Å². The van der Waals surface area contributed by atoms with E-state index in [9.17, 15) is 13.6 Å². The van der Waals surface area contributed by atoms with Crippen molar-refractivity contribution in [2.45, 2.75) is 33.6 Å². The van der Waals surface area contributed by atoms with Crippen LogP contribution in [0.1, 0.15) is 47.3 Å². The SMILES string of the molecule is CCc1cc(C(C)=O)c(C)cc1C(F)F. The molecule has 0 N–H and O–H groups in total. The Bertz CT molecular complexity index is 383. The highest BCUT2D eigenvalue weighted by Gasteiger charge is 2.15. The molecule has 0 saturated carbocycles.